The van der Waals surface area contributed by atoms with Crippen molar-refractivity contribution in [2.45, 2.75) is 46.2 Å². The monoisotopic (exact) mass is 458 g/mol. The Bertz CT molecular complexity index is 1160. The minimum absolute atomic E-state index is 0.369. The molecule has 0 aromatic heterocycles. The average molecular weight is 459 g/mol. The van der Waals surface area contributed by atoms with Crippen molar-refractivity contribution >= 4 is 38.1 Å². The van der Waals surface area contributed by atoms with Crippen molar-refractivity contribution in [2.24, 2.45) is 0 Å². The first-order chi connectivity index (χ1) is 14.9. The van der Waals surface area contributed by atoms with Crippen LogP contribution in [0.1, 0.15) is 32.6 Å². The molecule has 2 nitrogen and oxygen atoms in total. The molecule has 0 bridgehead atoms. The molecule has 4 heteroatoms. The molecule has 0 saturated heterocycles. The molecule has 0 saturated carbocycles. The van der Waals surface area contributed by atoms with E-state index in [1.165, 1.54) is 27.1 Å². The number of carboxylic acid groups (broad SMARTS) is 1. The van der Waals surface area contributed by atoms with Gasteiger partial charge in [0, 0.05) is 0 Å². The summed E-state index contributed by atoms with van der Waals surface area (Å²) in [7, 11) is -3.53. The zero-order valence-electron chi connectivity index (χ0n) is 20.3. The molecule has 0 aliphatic rings. The SMILES string of the molecule is Cc1c(C(=O)O)cccc1/C(=C(\c1ccccc1)[Si](C)(C)C)c1ccccc1[Si](C)(C)C. The third-order valence-electron chi connectivity index (χ3n) is 5.90. The fourth-order valence-corrected chi connectivity index (χ4v) is 8.13. The van der Waals surface area contributed by atoms with Crippen molar-refractivity contribution in [1.29, 1.82) is 0 Å². The maximum Gasteiger partial charge on any atom is 0.335 e. The Kier molecular flexibility index (Phi) is 6.77. The van der Waals surface area contributed by atoms with Crippen molar-refractivity contribution in [3.8, 4) is 0 Å². The summed E-state index contributed by atoms with van der Waals surface area (Å²) in [6.07, 6.45) is 0. The van der Waals surface area contributed by atoms with Crippen LogP contribution in [0, 0.1) is 6.92 Å². The van der Waals surface area contributed by atoms with Crippen molar-refractivity contribution in [1.82, 2.24) is 0 Å². The lowest BCUT2D eigenvalue weighted by atomic mass is 9.90. The molecule has 0 heterocycles. The predicted octanol–water partition coefficient (Wildman–Crippen LogP) is 7.07. The van der Waals surface area contributed by atoms with Gasteiger partial charge in [-0.1, -0.05) is 111 Å². The van der Waals surface area contributed by atoms with Gasteiger partial charge in [-0.05, 0) is 46.0 Å². The van der Waals surface area contributed by atoms with Gasteiger partial charge in [0.25, 0.3) is 0 Å². The van der Waals surface area contributed by atoms with Crippen LogP contribution in [-0.4, -0.2) is 27.2 Å². The highest BCUT2D eigenvalue weighted by molar-refractivity contribution is 6.95. The van der Waals surface area contributed by atoms with Crippen LogP contribution in [0.5, 0.6) is 0 Å². The van der Waals surface area contributed by atoms with Crippen molar-refractivity contribution in [3.05, 3.63) is 101 Å². The lowest BCUT2D eigenvalue weighted by molar-refractivity contribution is 0.0696. The summed E-state index contributed by atoms with van der Waals surface area (Å²) in [6.45, 7) is 16.2. The van der Waals surface area contributed by atoms with E-state index in [4.69, 9.17) is 0 Å². The van der Waals surface area contributed by atoms with Crippen molar-refractivity contribution in [2.75, 3.05) is 0 Å². The number of aromatic carboxylic acids is 1. The zero-order chi connectivity index (χ0) is 23.7. The van der Waals surface area contributed by atoms with Crippen molar-refractivity contribution < 1.29 is 9.90 Å². The van der Waals surface area contributed by atoms with Gasteiger partial charge < -0.3 is 5.11 Å². The van der Waals surface area contributed by atoms with Crippen LogP contribution in [0.4, 0.5) is 0 Å². The highest BCUT2D eigenvalue weighted by atomic mass is 28.3. The van der Waals surface area contributed by atoms with E-state index in [0.29, 0.717) is 5.56 Å². The number of benzene rings is 3. The largest absolute Gasteiger partial charge is 0.478 e. The smallest absolute Gasteiger partial charge is 0.335 e. The number of carboxylic acids is 1. The van der Waals surface area contributed by atoms with E-state index in [2.05, 4.69) is 99.9 Å². The van der Waals surface area contributed by atoms with Crippen LogP contribution in [0.15, 0.2) is 72.8 Å². The summed E-state index contributed by atoms with van der Waals surface area (Å²) in [4.78, 5) is 12.0. The first kappa shape index (κ1) is 24.0. The van der Waals surface area contributed by atoms with Gasteiger partial charge in [-0.2, -0.15) is 0 Å². The molecule has 0 amide bonds. The second-order valence-electron chi connectivity index (χ2n) is 10.4. The van der Waals surface area contributed by atoms with E-state index in [0.717, 1.165) is 11.1 Å². The molecular weight excluding hydrogens is 424 g/mol. The highest BCUT2D eigenvalue weighted by Crippen LogP contribution is 2.39. The molecule has 32 heavy (non-hydrogen) atoms. The van der Waals surface area contributed by atoms with Crippen LogP contribution >= 0.6 is 0 Å². The summed E-state index contributed by atoms with van der Waals surface area (Å²) < 4.78 is 0. The Morgan fingerprint density at radius 1 is 0.688 bits per heavy atom. The molecule has 3 aromatic rings. The van der Waals surface area contributed by atoms with Crippen LogP contribution in [-0.2, 0) is 0 Å². The Balaban J connectivity index is 2.57. The summed E-state index contributed by atoms with van der Waals surface area (Å²) in [5.41, 5.74) is 5.90. The Morgan fingerprint density at radius 2 is 1.22 bits per heavy atom. The van der Waals surface area contributed by atoms with Crippen LogP contribution in [0.25, 0.3) is 10.8 Å². The second-order valence-corrected chi connectivity index (χ2v) is 20.5. The third-order valence-corrected chi connectivity index (χ3v) is 9.99. The Hall–Kier alpha value is -2.70. The average Bonchev–Trinajstić information content (AvgIpc) is 2.71. The number of hydrogen-bond acceptors (Lipinski definition) is 1. The van der Waals surface area contributed by atoms with Gasteiger partial charge in [0.15, 0.2) is 0 Å². The molecule has 0 unspecified atom stereocenters. The van der Waals surface area contributed by atoms with Crippen LogP contribution in [0.3, 0.4) is 0 Å². The maximum atomic E-state index is 12.0. The number of carbonyl (C=O) groups is 1. The Morgan fingerprint density at radius 3 is 1.78 bits per heavy atom. The molecule has 0 radical (unpaired) electrons. The van der Waals surface area contributed by atoms with Gasteiger partial charge in [-0.3, -0.25) is 0 Å². The minimum atomic E-state index is -1.86. The summed E-state index contributed by atoms with van der Waals surface area (Å²) in [5, 5.41) is 12.6. The molecule has 1 N–H and O–H groups in total. The normalized spacial score (nSPS) is 13.0. The van der Waals surface area contributed by atoms with E-state index in [1.807, 2.05) is 13.0 Å². The maximum absolute atomic E-state index is 12.0. The van der Waals surface area contributed by atoms with Gasteiger partial charge in [0.05, 0.1) is 21.7 Å². The minimum Gasteiger partial charge on any atom is -0.478 e. The quantitative estimate of drug-likeness (QED) is 0.317. The standard InChI is InChI=1S/C28H34O2Si2/c1-20-22(17-13-18-23(20)28(29)30)26(24-16-11-12-19-25(24)31(2,3)4)27(32(5,6)7)21-14-9-8-10-15-21/h8-19H,1-7H3,(H,29,30)/b27-26-. The van der Waals surface area contributed by atoms with Gasteiger partial charge in [0.2, 0.25) is 0 Å². The molecule has 166 valence electrons. The van der Waals surface area contributed by atoms with E-state index in [-0.39, 0.29) is 0 Å². The first-order valence-corrected chi connectivity index (χ1v) is 18.2. The van der Waals surface area contributed by atoms with Gasteiger partial charge >= 0.3 is 5.97 Å². The fourth-order valence-electron chi connectivity index (χ4n) is 4.46. The summed E-state index contributed by atoms with van der Waals surface area (Å²) >= 11 is 0. The van der Waals surface area contributed by atoms with E-state index in [1.54, 1.807) is 6.07 Å². The van der Waals surface area contributed by atoms with Crippen LogP contribution < -0.4 is 5.19 Å². The van der Waals surface area contributed by atoms with E-state index in [9.17, 15) is 9.90 Å². The Labute approximate surface area is 194 Å². The molecular formula is C28H34O2Si2. The highest BCUT2D eigenvalue weighted by Gasteiger charge is 2.30. The summed E-state index contributed by atoms with van der Waals surface area (Å²) in [6, 6.07) is 25.1. The van der Waals surface area contributed by atoms with E-state index < -0.39 is 22.1 Å². The second kappa shape index (κ2) is 9.04. The number of hydrogen-bond donors (Lipinski definition) is 1. The topological polar surface area (TPSA) is 37.3 Å². The summed E-state index contributed by atoms with van der Waals surface area (Å²) in [5.74, 6) is -0.878. The first-order valence-electron chi connectivity index (χ1n) is 11.2. The molecule has 3 aromatic carbocycles. The zero-order valence-corrected chi connectivity index (χ0v) is 22.3. The molecule has 0 spiro atoms. The van der Waals surface area contributed by atoms with Gasteiger partial charge in [0.1, 0.15) is 0 Å². The lowest BCUT2D eigenvalue weighted by Crippen LogP contribution is -2.40. The predicted molar refractivity (Wildman–Crippen MR) is 143 cm³/mol. The molecule has 3 rings (SSSR count). The molecule has 0 fully saturated rings. The van der Waals surface area contributed by atoms with E-state index >= 15 is 0 Å². The van der Waals surface area contributed by atoms with Gasteiger partial charge in [-0.15, -0.1) is 0 Å². The third kappa shape index (κ3) is 4.87. The fraction of sp³-hybridized carbons (Fsp3) is 0.250. The van der Waals surface area contributed by atoms with Crippen molar-refractivity contribution in [3.63, 3.8) is 0 Å². The van der Waals surface area contributed by atoms with Crippen LogP contribution in [0.2, 0.25) is 39.3 Å². The molecule has 0 aliphatic heterocycles. The number of rotatable bonds is 6. The lowest BCUT2D eigenvalue weighted by Gasteiger charge is -2.30. The molecule has 0 atom stereocenters. The van der Waals surface area contributed by atoms with Gasteiger partial charge in [-0.25, -0.2) is 4.79 Å². The molecule has 0 aliphatic carbocycles.